The van der Waals surface area contributed by atoms with Crippen LogP contribution in [0.15, 0.2) is 34.9 Å². The largest absolute Gasteiger partial charge is 0.365 e. The Morgan fingerprint density at radius 3 is 2.79 bits per heavy atom. The summed E-state index contributed by atoms with van der Waals surface area (Å²) in [4.78, 5) is 14.3. The van der Waals surface area contributed by atoms with E-state index >= 15 is 0 Å². The molecule has 7 heteroatoms. The van der Waals surface area contributed by atoms with Crippen LogP contribution in [0.2, 0.25) is 0 Å². The van der Waals surface area contributed by atoms with E-state index in [1.54, 1.807) is 18.2 Å². The van der Waals surface area contributed by atoms with Crippen molar-refractivity contribution < 1.29 is 18.4 Å². The van der Waals surface area contributed by atoms with Gasteiger partial charge in [-0.15, -0.1) is 0 Å². The summed E-state index contributed by atoms with van der Waals surface area (Å²) in [6.45, 7) is 1.63. The summed E-state index contributed by atoms with van der Waals surface area (Å²) in [7, 11) is 2.13. The number of amides is 1. The molecule has 1 N–H and O–H groups in total. The normalized spacial score (nSPS) is 15.1. The van der Waals surface area contributed by atoms with Crippen LogP contribution in [0.25, 0.3) is 11.3 Å². The molecule has 28 heavy (non-hydrogen) atoms. The highest BCUT2D eigenvalue weighted by molar-refractivity contribution is 5.77. The first-order valence-electron chi connectivity index (χ1n) is 9.88. The predicted molar refractivity (Wildman–Crippen MR) is 104 cm³/mol. The molecule has 1 amide bonds. The minimum absolute atomic E-state index is 0.0219. The Morgan fingerprint density at radius 2 is 2.04 bits per heavy atom. The van der Waals surface area contributed by atoms with Gasteiger partial charge in [0.25, 0.3) is 0 Å². The van der Waals surface area contributed by atoms with Gasteiger partial charge in [-0.1, -0.05) is 24.4 Å². The Bertz CT molecular complexity index is 742. The standard InChI is InChI=1S/C21H28FN3O3/c1-25(19-5-3-2-4-6-19)12-11-23-21(26)15-27-14-18-13-20(28-24-18)16-7-9-17(22)10-8-16/h7-10,13,19H,2-6,11-12,14-15H2,1H3,(H,23,26). The van der Waals surface area contributed by atoms with Gasteiger partial charge in [-0.3, -0.25) is 4.79 Å². The number of likely N-dealkylation sites (N-methyl/N-ethyl adjacent to an activating group) is 1. The zero-order valence-electron chi connectivity index (χ0n) is 16.3. The fourth-order valence-electron chi connectivity index (χ4n) is 3.51. The number of aromatic nitrogens is 1. The summed E-state index contributed by atoms with van der Waals surface area (Å²) >= 11 is 0. The second kappa shape index (κ2) is 10.3. The van der Waals surface area contributed by atoms with Crippen molar-refractivity contribution in [2.24, 2.45) is 0 Å². The van der Waals surface area contributed by atoms with Gasteiger partial charge in [-0.2, -0.15) is 0 Å². The van der Waals surface area contributed by atoms with Crippen molar-refractivity contribution in [1.29, 1.82) is 0 Å². The van der Waals surface area contributed by atoms with E-state index in [0.29, 0.717) is 24.0 Å². The molecule has 1 saturated carbocycles. The molecule has 0 spiro atoms. The molecule has 0 radical (unpaired) electrons. The minimum atomic E-state index is -0.303. The first-order chi connectivity index (χ1) is 13.6. The minimum Gasteiger partial charge on any atom is -0.365 e. The highest BCUT2D eigenvalue weighted by atomic mass is 19.1. The van der Waals surface area contributed by atoms with Crippen molar-refractivity contribution >= 4 is 5.91 Å². The number of nitrogens with one attached hydrogen (secondary N) is 1. The highest BCUT2D eigenvalue weighted by Crippen LogP contribution is 2.21. The Morgan fingerprint density at radius 1 is 1.29 bits per heavy atom. The first-order valence-corrected chi connectivity index (χ1v) is 9.88. The maximum absolute atomic E-state index is 13.0. The molecule has 1 aliphatic carbocycles. The number of ether oxygens (including phenoxy) is 1. The molecule has 6 nitrogen and oxygen atoms in total. The van der Waals surface area contributed by atoms with Gasteiger partial charge < -0.3 is 19.5 Å². The molecule has 1 aliphatic rings. The zero-order chi connectivity index (χ0) is 19.8. The number of hydrogen-bond acceptors (Lipinski definition) is 5. The van der Waals surface area contributed by atoms with Crippen LogP contribution in [-0.4, -0.2) is 48.7 Å². The summed E-state index contributed by atoms with van der Waals surface area (Å²) in [6.07, 6.45) is 6.46. The molecule has 1 aromatic heterocycles. The van der Waals surface area contributed by atoms with E-state index in [2.05, 4.69) is 22.4 Å². The van der Waals surface area contributed by atoms with Crippen molar-refractivity contribution in [2.45, 2.75) is 44.8 Å². The molecule has 1 fully saturated rings. The number of halogens is 1. The van der Waals surface area contributed by atoms with E-state index < -0.39 is 0 Å². The van der Waals surface area contributed by atoms with E-state index in [0.717, 1.165) is 12.1 Å². The lowest BCUT2D eigenvalue weighted by atomic mass is 9.94. The predicted octanol–water partition coefficient (Wildman–Crippen LogP) is 3.38. The Balaban J connectivity index is 1.32. The third-order valence-electron chi connectivity index (χ3n) is 5.16. The molecule has 152 valence electrons. The van der Waals surface area contributed by atoms with Crippen molar-refractivity contribution in [2.75, 3.05) is 26.7 Å². The quantitative estimate of drug-likeness (QED) is 0.712. The van der Waals surface area contributed by atoms with Crippen LogP contribution in [0.1, 0.15) is 37.8 Å². The van der Waals surface area contributed by atoms with E-state index in [1.807, 2.05) is 0 Å². The Kier molecular flexibility index (Phi) is 7.56. The van der Waals surface area contributed by atoms with Gasteiger partial charge in [0, 0.05) is 30.8 Å². The van der Waals surface area contributed by atoms with Gasteiger partial charge in [-0.05, 0) is 44.2 Å². The molecule has 3 rings (SSSR count). The molecular formula is C21H28FN3O3. The fourth-order valence-corrected chi connectivity index (χ4v) is 3.51. The number of hydrogen-bond donors (Lipinski definition) is 1. The topological polar surface area (TPSA) is 67.6 Å². The van der Waals surface area contributed by atoms with E-state index in [1.165, 1.54) is 44.2 Å². The summed E-state index contributed by atoms with van der Waals surface area (Å²) in [6, 6.07) is 8.35. The summed E-state index contributed by atoms with van der Waals surface area (Å²) in [5.74, 6) is 0.0934. The van der Waals surface area contributed by atoms with E-state index in [4.69, 9.17) is 9.26 Å². The molecule has 0 saturated heterocycles. The van der Waals surface area contributed by atoms with Crippen LogP contribution < -0.4 is 5.32 Å². The van der Waals surface area contributed by atoms with Gasteiger partial charge in [0.05, 0.1) is 6.61 Å². The van der Waals surface area contributed by atoms with Gasteiger partial charge in [0.2, 0.25) is 5.91 Å². The average molecular weight is 389 g/mol. The maximum Gasteiger partial charge on any atom is 0.246 e. The molecule has 2 aromatic rings. The van der Waals surface area contributed by atoms with Crippen molar-refractivity contribution in [3.05, 3.63) is 41.8 Å². The molecule has 0 atom stereocenters. The van der Waals surface area contributed by atoms with Crippen LogP contribution in [0.5, 0.6) is 0 Å². The number of carbonyl (C=O) groups excluding carboxylic acids is 1. The lowest BCUT2D eigenvalue weighted by Crippen LogP contribution is -2.40. The van der Waals surface area contributed by atoms with Gasteiger partial charge in [0.1, 0.15) is 18.1 Å². The third kappa shape index (κ3) is 6.14. The molecular weight excluding hydrogens is 361 g/mol. The van der Waals surface area contributed by atoms with Crippen molar-refractivity contribution in [1.82, 2.24) is 15.4 Å². The molecule has 1 aromatic carbocycles. The van der Waals surface area contributed by atoms with Crippen LogP contribution in [0.3, 0.4) is 0 Å². The van der Waals surface area contributed by atoms with Crippen molar-refractivity contribution in [3.63, 3.8) is 0 Å². The van der Waals surface area contributed by atoms with E-state index in [9.17, 15) is 9.18 Å². The van der Waals surface area contributed by atoms with E-state index in [-0.39, 0.29) is 24.9 Å². The number of carbonyl (C=O) groups is 1. The van der Waals surface area contributed by atoms with Crippen molar-refractivity contribution in [3.8, 4) is 11.3 Å². The average Bonchev–Trinajstić information content (AvgIpc) is 3.18. The third-order valence-corrected chi connectivity index (χ3v) is 5.16. The summed E-state index contributed by atoms with van der Waals surface area (Å²) < 4.78 is 23.6. The SMILES string of the molecule is CN(CCNC(=O)COCc1cc(-c2ccc(F)cc2)on1)C1CCCCC1. The maximum atomic E-state index is 13.0. The number of nitrogens with zero attached hydrogens (tertiary/aromatic N) is 2. The number of benzene rings is 1. The van der Waals surface area contributed by atoms with Crippen LogP contribution in [0.4, 0.5) is 4.39 Å². The lowest BCUT2D eigenvalue weighted by molar-refractivity contribution is -0.126. The molecule has 1 heterocycles. The van der Waals surface area contributed by atoms with Crippen LogP contribution in [0, 0.1) is 5.82 Å². The molecule has 0 unspecified atom stereocenters. The Hall–Kier alpha value is -2.25. The molecule has 0 bridgehead atoms. The monoisotopic (exact) mass is 389 g/mol. The lowest BCUT2D eigenvalue weighted by Gasteiger charge is -2.31. The highest BCUT2D eigenvalue weighted by Gasteiger charge is 2.17. The summed E-state index contributed by atoms with van der Waals surface area (Å²) in [5.41, 5.74) is 1.32. The molecule has 0 aliphatic heterocycles. The van der Waals surface area contributed by atoms with Crippen LogP contribution in [-0.2, 0) is 16.1 Å². The zero-order valence-corrected chi connectivity index (χ0v) is 16.3. The smallest absolute Gasteiger partial charge is 0.246 e. The second-order valence-corrected chi connectivity index (χ2v) is 7.30. The first kappa shape index (κ1) is 20.5. The summed E-state index contributed by atoms with van der Waals surface area (Å²) in [5, 5.41) is 6.81. The van der Waals surface area contributed by atoms with Gasteiger partial charge in [-0.25, -0.2) is 4.39 Å². The number of rotatable bonds is 9. The second-order valence-electron chi connectivity index (χ2n) is 7.30. The Labute approximate surface area is 165 Å². The van der Waals surface area contributed by atoms with Gasteiger partial charge >= 0.3 is 0 Å². The van der Waals surface area contributed by atoms with Gasteiger partial charge in [0.15, 0.2) is 5.76 Å². The fraction of sp³-hybridized carbons (Fsp3) is 0.524. The van der Waals surface area contributed by atoms with Crippen LogP contribution >= 0.6 is 0 Å².